The van der Waals surface area contributed by atoms with Crippen LogP contribution in [0.3, 0.4) is 0 Å². The lowest BCUT2D eigenvalue weighted by molar-refractivity contribution is 0.0106. The van der Waals surface area contributed by atoms with Crippen LogP contribution in [0, 0.1) is 5.82 Å². The zero-order valence-corrected chi connectivity index (χ0v) is 23.3. The molecule has 0 unspecified atom stereocenters. The number of benzene rings is 3. The minimum absolute atomic E-state index is 0.159. The van der Waals surface area contributed by atoms with Gasteiger partial charge in [-0.25, -0.2) is 4.39 Å². The van der Waals surface area contributed by atoms with Gasteiger partial charge in [0.25, 0.3) is 0 Å². The SMILES string of the molecule is COc1ccc(OC)c2c1c(OC)cc1c(=O)cc(-c3cc(F)cc(OCCOCCOCCOCCN)c3)oc12. The van der Waals surface area contributed by atoms with Crippen LogP contribution >= 0.6 is 0 Å². The fourth-order valence-corrected chi connectivity index (χ4v) is 4.34. The third-order valence-corrected chi connectivity index (χ3v) is 6.18. The van der Waals surface area contributed by atoms with Crippen molar-refractivity contribution in [2.45, 2.75) is 0 Å². The zero-order chi connectivity index (χ0) is 29.2. The molecule has 0 saturated carbocycles. The molecule has 4 rings (SSSR count). The number of rotatable bonds is 16. The van der Waals surface area contributed by atoms with Gasteiger partial charge in [0.05, 0.1) is 77.1 Å². The van der Waals surface area contributed by atoms with Gasteiger partial charge in [-0.05, 0) is 30.3 Å². The average Bonchev–Trinajstić information content (AvgIpc) is 2.98. The molecule has 2 N–H and O–H groups in total. The highest BCUT2D eigenvalue weighted by Gasteiger charge is 2.21. The van der Waals surface area contributed by atoms with Crippen molar-refractivity contribution in [3.05, 3.63) is 58.5 Å². The second-order valence-electron chi connectivity index (χ2n) is 8.80. The van der Waals surface area contributed by atoms with E-state index in [1.165, 1.54) is 39.5 Å². The maximum Gasteiger partial charge on any atom is 0.193 e. The lowest BCUT2D eigenvalue weighted by Crippen LogP contribution is -2.14. The minimum Gasteiger partial charge on any atom is -0.496 e. The topological polar surface area (TPSA) is 121 Å². The van der Waals surface area contributed by atoms with E-state index in [0.717, 1.165) is 0 Å². The lowest BCUT2D eigenvalue weighted by Gasteiger charge is -2.15. The zero-order valence-electron chi connectivity index (χ0n) is 23.3. The Morgan fingerprint density at radius 2 is 1.34 bits per heavy atom. The molecule has 0 aliphatic carbocycles. The van der Waals surface area contributed by atoms with E-state index in [4.69, 9.17) is 43.3 Å². The summed E-state index contributed by atoms with van der Waals surface area (Å²) in [6.07, 6.45) is 0. The fraction of sp³-hybridized carbons (Fsp3) is 0.367. The Morgan fingerprint density at radius 1 is 0.732 bits per heavy atom. The summed E-state index contributed by atoms with van der Waals surface area (Å²) in [7, 11) is 4.55. The van der Waals surface area contributed by atoms with Crippen molar-refractivity contribution in [2.24, 2.45) is 5.73 Å². The van der Waals surface area contributed by atoms with Gasteiger partial charge in [0, 0.05) is 24.2 Å². The number of hydrogen-bond acceptors (Lipinski definition) is 10. The van der Waals surface area contributed by atoms with Crippen molar-refractivity contribution in [3.8, 4) is 34.3 Å². The van der Waals surface area contributed by atoms with Gasteiger partial charge in [-0.2, -0.15) is 0 Å². The number of ether oxygens (including phenoxy) is 7. The van der Waals surface area contributed by atoms with Gasteiger partial charge in [0.1, 0.15) is 41.2 Å². The molecule has 0 amide bonds. The second-order valence-corrected chi connectivity index (χ2v) is 8.80. The highest BCUT2D eigenvalue weighted by Crippen LogP contribution is 2.44. The summed E-state index contributed by atoms with van der Waals surface area (Å²) in [5, 5.41) is 1.36. The molecule has 3 aromatic carbocycles. The van der Waals surface area contributed by atoms with E-state index in [1.54, 1.807) is 24.3 Å². The Labute approximate surface area is 236 Å². The second kappa shape index (κ2) is 14.6. The number of halogens is 1. The maximum atomic E-state index is 14.6. The monoisotopic (exact) mass is 571 g/mol. The van der Waals surface area contributed by atoms with E-state index in [-0.39, 0.29) is 41.1 Å². The molecule has 0 fully saturated rings. The summed E-state index contributed by atoms with van der Waals surface area (Å²) in [5.74, 6) is 1.27. The summed E-state index contributed by atoms with van der Waals surface area (Å²) in [6.45, 7) is 3.17. The maximum absolute atomic E-state index is 14.6. The molecule has 0 saturated heterocycles. The molecule has 1 heterocycles. The molecule has 0 bridgehead atoms. The van der Waals surface area contributed by atoms with Crippen molar-refractivity contribution in [3.63, 3.8) is 0 Å². The highest BCUT2D eigenvalue weighted by atomic mass is 19.1. The van der Waals surface area contributed by atoms with Crippen molar-refractivity contribution in [2.75, 3.05) is 74.1 Å². The Kier molecular flexibility index (Phi) is 10.7. The molecular formula is C30H34FNO9. The molecule has 0 aliphatic rings. The lowest BCUT2D eigenvalue weighted by atomic mass is 10.0. The normalized spacial score (nSPS) is 11.2. The molecule has 10 nitrogen and oxygen atoms in total. The number of hydrogen-bond donors (Lipinski definition) is 1. The fourth-order valence-electron chi connectivity index (χ4n) is 4.34. The third kappa shape index (κ3) is 7.25. The van der Waals surface area contributed by atoms with E-state index in [2.05, 4.69) is 0 Å². The molecule has 41 heavy (non-hydrogen) atoms. The van der Waals surface area contributed by atoms with Gasteiger partial charge < -0.3 is 43.3 Å². The molecule has 11 heteroatoms. The number of fused-ring (bicyclic) bond motifs is 3. The number of methoxy groups -OCH3 is 3. The predicted molar refractivity (Wildman–Crippen MR) is 152 cm³/mol. The first kappa shape index (κ1) is 30.1. The molecular weight excluding hydrogens is 537 g/mol. The molecule has 1 aromatic heterocycles. The van der Waals surface area contributed by atoms with Crippen LogP contribution in [0.5, 0.6) is 23.0 Å². The van der Waals surface area contributed by atoms with E-state index in [1.807, 2.05) is 0 Å². The van der Waals surface area contributed by atoms with Crippen LogP contribution in [-0.2, 0) is 14.2 Å². The summed E-state index contributed by atoms with van der Waals surface area (Å²) in [5.41, 5.74) is 5.60. The van der Waals surface area contributed by atoms with Crippen LogP contribution in [-0.4, -0.2) is 74.1 Å². The van der Waals surface area contributed by atoms with Gasteiger partial charge in [0.15, 0.2) is 11.0 Å². The Hall–Kier alpha value is -3.90. The molecule has 0 radical (unpaired) electrons. The highest BCUT2D eigenvalue weighted by molar-refractivity contribution is 6.13. The summed E-state index contributed by atoms with van der Waals surface area (Å²) < 4.78 is 59.3. The Balaban J connectivity index is 1.53. The summed E-state index contributed by atoms with van der Waals surface area (Å²) in [4.78, 5) is 13.2. The van der Waals surface area contributed by atoms with Crippen LogP contribution < -0.4 is 30.1 Å². The summed E-state index contributed by atoms with van der Waals surface area (Å²) >= 11 is 0. The molecule has 4 aromatic rings. The molecule has 0 atom stereocenters. The van der Waals surface area contributed by atoms with Gasteiger partial charge in [-0.1, -0.05) is 0 Å². The van der Waals surface area contributed by atoms with Crippen molar-refractivity contribution in [1.29, 1.82) is 0 Å². The van der Waals surface area contributed by atoms with Gasteiger partial charge >= 0.3 is 0 Å². The summed E-state index contributed by atoms with van der Waals surface area (Å²) in [6, 6.07) is 10.5. The van der Waals surface area contributed by atoms with E-state index in [0.29, 0.717) is 73.2 Å². The van der Waals surface area contributed by atoms with Crippen molar-refractivity contribution < 1.29 is 42.0 Å². The first-order chi connectivity index (χ1) is 20.0. The van der Waals surface area contributed by atoms with Crippen LogP contribution in [0.15, 0.2) is 51.7 Å². The van der Waals surface area contributed by atoms with Crippen molar-refractivity contribution >= 4 is 21.7 Å². The molecule has 220 valence electrons. The standard InChI is InChI=1S/C30H34FNO9/c1-34-24-4-5-25(35-2)29-28(24)27(36-3)17-22-23(33)18-26(41-30(22)29)19-14-20(31)16-21(15-19)40-13-12-39-11-10-38-9-8-37-7-6-32/h4-5,14-18H,6-13,32H2,1-3H3. The molecule has 0 aliphatic heterocycles. The van der Waals surface area contributed by atoms with Gasteiger partial charge in [-0.15, -0.1) is 0 Å². The van der Waals surface area contributed by atoms with Gasteiger partial charge in [0.2, 0.25) is 0 Å². The van der Waals surface area contributed by atoms with Gasteiger partial charge in [-0.3, -0.25) is 4.79 Å². The van der Waals surface area contributed by atoms with Crippen LogP contribution in [0.1, 0.15) is 0 Å². The quantitative estimate of drug-likeness (QED) is 0.155. The van der Waals surface area contributed by atoms with E-state index < -0.39 is 5.82 Å². The third-order valence-electron chi connectivity index (χ3n) is 6.18. The first-order valence-electron chi connectivity index (χ1n) is 13.1. The first-order valence-corrected chi connectivity index (χ1v) is 13.1. The van der Waals surface area contributed by atoms with E-state index in [9.17, 15) is 9.18 Å². The smallest absolute Gasteiger partial charge is 0.193 e. The van der Waals surface area contributed by atoms with Crippen LogP contribution in [0.4, 0.5) is 4.39 Å². The van der Waals surface area contributed by atoms with Crippen LogP contribution in [0.25, 0.3) is 33.1 Å². The molecule has 0 spiro atoms. The Morgan fingerprint density at radius 3 is 1.98 bits per heavy atom. The minimum atomic E-state index is -0.551. The Bertz CT molecular complexity index is 1520. The van der Waals surface area contributed by atoms with E-state index >= 15 is 0 Å². The van der Waals surface area contributed by atoms with Crippen molar-refractivity contribution in [1.82, 2.24) is 0 Å². The van der Waals surface area contributed by atoms with Crippen LogP contribution in [0.2, 0.25) is 0 Å². The largest absolute Gasteiger partial charge is 0.496 e. The predicted octanol–water partition coefficient (Wildman–Crippen LogP) is 4.17. The number of nitrogens with two attached hydrogens (primary N) is 1. The average molecular weight is 572 g/mol.